The molecule has 0 rings (SSSR count). The lowest BCUT2D eigenvalue weighted by molar-refractivity contribution is -0.870. The maximum Gasteiger partial charge on any atom is 0.472 e. The summed E-state index contributed by atoms with van der Waals surface area (Å²) in [5.74, 6) is -0.180. The van der Waals surface area contributed by atoms with E-state index in [0.29, 0.717) is 17.4 Å². The van der Waals surface area contributed by atoms with E-state index in [0.717, 1.165) is 70.6 Å². The van der Waals surface area contributed by atoms with E-state index in [1.165, 1.54) is 308 Å². The molecular formula is C85H160N2O6P+. The van der Waals surface area contributed by atoms with Gasteiger partial charge in [0.1, 0.15) is 13.2 Å². The third kappa shape index (κ3) is 77.0. The molecule has 3 atom stereocenters. The Labute approximate surface area is 586 Å². The summed E-state index contributed by atoms with van der Waals surface area (Å²) in [6.07, 6.45) is 108. The van der Waals surface area contributed by atoms with Gasteiger partial charge in [-0.25, -0.2) is 4.57 Å². The zero-order valence-electron chi connectivity index (χ0n) is 63.2. The molecule has 0 aromatic heterocycles. The van der Waals surface area contributed by atoms with Crippen molar-refractivity contribution in [2.45, 2.75) is 411 Å². The topological polar surface area (TPSA) is 105 Å². The third-order valence-electron chi connectivity index (χ3n) is 18.6. The van der Waals surface area contributed by atoms with Crippen molar-refractivity contribution in [3.63, 3.8) is 0 Å². The van der Waals surface area contributed by atoms with E-state index in [4.69, 9.17) is 9.05 Å². The Morgan fingerprint density at radius 3 is 0.979 bits per heavy atom. The van der Waals surface area contributed by atoms with Gasteiger partial charge in [-0.2, -0.15) is 0 Å². The highest BCUT2D eigenvalue weighted by molar-refractivity contribution is 7.47. The van der Waals surface area contributed by atoms with Crippen LogP contribution in [0.25, 0.3) is 0 Å². The van der Waals surface area contributed by atoms with E-state index in [9.17, 15) is 19.4 Å². The number of likely N-dealkylation sites (N-methyl/N-ethyl adjacent to an activating group) is 1. The highest BCUT2D eigenvalue weighted by Gasteiger charge is 2.28. The number of phosphoric acid groups is 1. The second-order valence-electron chi connectivity index (χ2n) is 29.1. The van der Waals surface area contributed by atoms with Gasteiger partial charge in [-0.3, -0.25) is 13.8 Å². The van der Waals surface area contributed by atoms with Crippen LogP contribution in [0.5, 0.6) is 0 Å². The van der Waals surface area contributed by atoms with Gasteiger partial charge >= 0.3 is 7.82 Å². The molecule has 0 radical (unpaired) electrons. The molecule has 8 nitrogen and oxygen atoms in total. The standard InChI is InChI=1S/C85H159N2O6P/c1-6-8-10-12-14-16-18-20-22-24-26-28-30-32-34-36-38-39-40-41-42-43-44-45-46-47-49-51-53-55-57-59-61-63-65-67-69-71-73-75-77-79-85(89)86-83(82-93-94(90,91)92-81-80-87(3,4)5)84(88)78-76-74-72-70-68-66-64-62-60-58-56-54-52-50-48-37-35-33-31-29-27-25-23-21-19-17-15-13-11-9-7-2/h8,10,14,16,20,22,26,28,32,34,68,70,76,78,83-84,88H,6-7,9,11-13,15,17-19,21,23-25,27,29-31,33,35-67,69,71-75,77,79-82H2,1-5H3,(H-,86,89,90,91)/p+1/b10-8-,16-14-,22-20-,28-26-,34-32-,70-68+,78-76+. The summed E-state index contributed by atoms with van der Waals surface area (Å²) in [7, 11) is 1.57. The number of allylic oxidation sites excluding steroid dienone is 13. The fourth-order valence-corrected chi connectivity index (χ4v) is 13.1. The monoisotopic (exact) mass is 1340 g/mol. The Hall–Kier alpha value is -2.32. The quantitative estimate of drug-likeness (QED) is 0.0243. The number of nitrogens with zero attached hydrogens (tertiary/aromatic N) is 1. The van der Waals surface area contributed by atoms with Gasteiger partial charge in [0.2, 0.25) is 5.91 Å². The Balaban J connectivity index is 3.95. The number of carbonyl (C=O) groups excluding carboxylic acids is 1. The average molecular weight is 1340 g/mol. The van der Waals surface area contributed by atoms with Crippen LogP contribution < -0.4 is 5.32 Å². The molecule has 9 heteroatoms. The largest absolute Gasteiger partial charge is 0.472 e. The lowest BCUT2D eigenvalue weighted by Gasteiger charge is -2.25. The van der Waals surface area contributed by atoms with E-state index in [2.05, 4.69) is 92.1 Å². The Bertz CT molecular complexity index is 1820. The van der Waals surface area contributed by atoms with E-state index < -0.39 is 20.0 Å². The molecule has 0 aromatic rings. The van der Waals surface area contributed by atoms with Gasteiger partial charge in [-0.05, 0) is 77.0 Å². The van der Waals surface area contributed by atoms with Crippen molar-refractivity contribution in [3.8, 4) is 0 Å². The van der Waals surface area contributed by atoms with Gasteiger partial charge in [0, 0.05) is 6.42 Å². The van der Waals surface area contributed by atoms with Crippen LogP contribution in [0.15, 0.2) is 85.1 Å². The summed E-state index contributed by atoms with van der Waals surface area (Å²) >= 11 is 0. The second-order valence-corrected chi connectivity index (χ2v) is 30.6. The average Bonchev–Trinajstić information content (AvgIpc) is 1.77. The molecule has 3 unspecified atom stereocenters. The Morgan fingerprint density at radius 1 is 0.372 bits per heavy atom. The second kappa shape index (κ2) is 74.9. The molecule has 0 spiro atoms. The molecule has 94 heavy (non-hydrogen) atoms. The summed E-state index contributed by atoms with van der Waals surface area (Å²) in [5.41, 5.74) is 0. The number of aliphatic hydroxyl groups excluding tert-OH is 1. The fraction of sp³-hybridized carbons (Fsp3) is 0.824. The molecule has 0 aliphatic heterocycles. The summed E-state index contributed by atoms with van der Waals surface area (Å²) in [6.45, 7) is 4.73. The predicted octanol–water partition coefficient (Wildman–Crippen LogP) is 27.0. The number of hydrogen-bond donors (Lipinski definition) is 3. The van der Waals surface area contributed by atoms with E-state index in [1.807, 2.05) is 27.2 Å². The SMILES string of the molecule is CC/C=C\C/C=C\C/C=C\C/C=C\C/C=C\CCCCCCCCCCCCCCCCCCCCCCCCCCCC(=O)NC(COP(=O)(O)OCC[N+](C)(C)C)C(O)/C=C/CC/C=C/CCCCCCCCCCCCCCCCCCCCCCCCCCC. The van der Waals surface area contributed by atoms with Gasteiger partial charge in [-0.1, -0.05) is 401 Å². The van der Waals surface area contributed by atoms with Crippen LogP contribution >= 0.6 is 7.82 Å². The third-order valence-corrected chi connectivity index (χ3v) is 19.6. The van der Waals surface area contributed by atoms with Crippen molar-refractivity contribution < 1.29 is 32.9 Å². The van der Waals surface area contributed by atoms with Crippen LogP contribution in [0.3, 0.4) is 0 Å². The van der Waals surface area contributed by atoms with Crippen LogP contribution in [0, 0.1) is 0 Å². The summed E-state index contributed by atoms with van der Waals surface area (Å²) < 4.78 is 23.9. The number of aliphatic hydroxyl groups is 1. The molecule has 0 fully saturated rings. The van der Waals surface area contributed by atoms with Gasteiger partial charge in [0.05, 0.1) is 39.9 Å². The van der Waals surface area contributed by atoms with Crippen molar-refractivity contribution >= 4 is 13.7 Å². The maximum absolute atomic E-state index is 13.1. The molecule has 550 valence electrons. The first-order valence-corrected chi connectivity index (χ1v) is 42.5. The first-order chi connectivity index (χ1) is 46.0. The minimum Gasteiger partial charge on any atom is -0.387 e. The molecule has 0 aliphatic rings. The van der Waals surface area contributed by atoms with Crippen LogP contribution in [-0.4, -0.2) is 73.4 Å². The number of rotatable bonds is 76. The number of carbonyl (C=O) groups is 1. The number of amides is 1. The number of hydrogen-bond acceptors (Lipinski definition) is 5. The van der Waals surface area contributed by atoms with Crippen molar-refractivity contribution in [1.82, 2.24) is 5.32 Å². The molecular weight excluding hydrogens is 1180 g/mol. The summed E-state index contributed by atoms with van der Waals surface area (Å²) in [4.78, 5) is 23.5. The molecule has 0 saturated heterocycles. The first-order valence-electron chi connectivity index (χ1n) is 41.0. The normalized spacial score (nSPS) is 13.9. The van der Waals surface area contributed by atoms with Gasteiger partial charge < -0.3 is 19.8 Å². The fourth-order valence-electron chi connectivity index (χ4n) is 12.3. The van der Waals surface area contributed by atoms with Gasteiger partial charge in [0.15, 0.2) is 0 Å². The van der Waals surface area contributed by atoms with E-state index in [-0.39, 0.29) is 19.1 Å². The predicted molar refractivity (Wildman–Crippen MR) is 415 cm³/mol. The van der Waals surface area contributed by atoms with Crippen molar-refractivity contribution in [2.75, 3.05) is 40.9 Å². The number of unbranched alkanes of at least 4 members (excludes halogenated alkanes) is 51. The van der Waals surface area contributed by atoms with Crippen LogP contribution in [0.1, 0.15) is 399 Å². The Morgan fingerprint density at radius 2 is 0.649 bits per heavy atom. The molecule has 3 N–H and O–H groups in total. The molecule has 0 heterocycles. The summed E-state index contributed by atoms with van der Waals surface area (Å²) in [5, 5.41) is 14.0. The van der Waals surface area contributed by atoms with E-state index >= 15 is 0 Å². The van der Waals surface area contributed by atoms with Gasteiger partial charge in [-0.15, -0.1) is 0 Å². The smallest absolute Gasteiger partial charge is 0.387 e. The molecule has 0 aromatic carbocycles. The van der Waals surface area contributed by atoms with Crippen LogP contribution in [0.4, 0.5) is 0 Å². The first kappa shape index (κ1) is 91.7. The van der Waals surface area contributed by atoms with Crippen molar-refractivity contribution in [3.05, 3.63) is 85.1 Å². The molecule has 0 aliphatic carbocycles. The minimum absolute atomic E-state index is 0.0564. The zero-order chi connectivity index (χ0) is 68.3. The van der Waals surface area contributed by atoms with Gasteiger partial charge in [0.25, 0.3) is 0 Å². The molecule has 0 saturated carbocycles. The summed E-state index contributed by atoms with van der Waals surface area (Å²) in [6, 6.07) is -0.867. The van der Waals surface area contributed by atoms with E-state index in [1.54, 1.807) is 6.08 Å². The van der Waals surface area contributed by atoms with Crippen molar-refractivity contribution in [2.24, 2.45) is 0 Å². The molecule has 0 bridgehead atoms. The Kier molecular flexibility index (Phi) is 73.0. The lowest BCUT2D eigenvalue weighted by atomic mass is 10.0. The number of nitrogens with one attached hydrogen (secondary N) is 1. The molecule has 1 amide bonds. The lowest BCUT2D eigenvalue weighted by Crippen LogP contribution is -2.45. The maximum atomic E-state index is 13.1. The number of phosphoric ester groups is 1. The zero-order valence-corrected chi connectivity index (χ0v) is 64.1. The highest BCUT2D eigenvalue weighted by atomic mass is 31.2. The van der Waals surface area contributed by atoms with Crippen LogP contribution in [0.2, 0.25) is 0 Å². The highest BCUT2D eigenvalue weighted by Crippen LogP contribution is 2.43. The minimum atomic E-state index is -4.37. The van der Waals surface area contributed by atoms with Crippen LogP contribution in [-0.2, 0) is 18.4 Å². The van der Waals surface area contributed by atoms with Crippen molar-refractivity contribution in [1.29, 1.82) is 0 Å². The number of quaternary nitrogens is 1.